The molecule has 10 heteroatoms. The van der Waals surface area contributed by atoms with Crippen molar-refractivity contribution < 1.29 is 13.5 Å². The van der Waals surface area contributed by atoms with E-state index in [1.165, 1.54) is 47.8 Å². The van der Waals surface area contributed by atoms with Crippen LogP contribution in [0.1, 0.15) is 17.5 Å². The molecule has 0 aliphatic carbocycles. The van der Waals surface area contributed by atoms with Gasteiger partial charge in [0.2, 0.25) is 15.7 Å². The Labute approximate surface area is 146 Å². The van der Waals surface area contributed by atoms with E-state index in [1.807, 2.05) is 0 Å². The molecule has 0 bridgehead atoms. The highest BCUT2D eigenvalue weighted by molar-refractivity contribution is 7.91. The van der Waals surface area contributed by atoms with E-state index in [1.54, 1.807) is 10.8 Å². The minimum absolute atomic E-state index is 0.101. The van der Waals surface area contributed by atoms with Crippen LogP contribution in [0.4, 0.5) is 0 Å². The number of sulfone groups is 1. The number of nitrogens with zero attached hydrogens (tertiary/aromatic N) is 3. The summed E-state index contributed by atoms with van der Waals surface area (Å²) in [5.41, 5.74) is 0.470. The van der Waals surface area contributed by atoms with Gasteiger partial charge in [-0.3, -0.25) is 0 Å². The molecule has 2 aromatic heterocycles. The Hall–Kier alpha value is -2.07. The Morgan fingerprint density at radius 3 is 2.67 bits per heavy atom. The molecule has 0 radical (unpaired) electrons. The molecule has 3 aromatic rings. The fourth-order valence-electron chi connectivity index (χ4n) is 1.95. The first-order valence-electron chi connectivity index (χ1n) is 6.65. The summed E-state index contributed by atoms with van der Waals surface area (Å²) in [4.78, 5) is 0.310. The molecule has 24 heavy (non-hydrogen) atoms. The summed E-state index contributed by atoms with van der Waals surface area (Å²) < 4.78 is 25.5. The van der Waals surface area contributed by atoms with Crippen LogP contribution in [0.15, 0.2) is 50.9 Å². The Kier molecular flexibility index (Phi) is 4.76. The van der Waals surface area contributed by atoms with Gasteiger partial charge in [0.05, 0.1) is 9.79 Å². The molecule has 0 amide bonds. The summed E-state index contributed by atoms with van der Waals surface area (Å²) in [5, 5.41) is 26.5. The third-order valence-corrected chi connectivity index (χ3v) is 6.14. The van der Waals surface area contributed by atoms with E-state index in [0.29, 0.717) is 10.6 Å². The van der Waals surface area contributed by atoms with Gasteiger partial charge < -0.3 is 5.11 Å². The lowest BCUT2D eigenvalue weighted by Gasteiger charge is -2.05. The molecule has 0 saturated carbocycles. The number of hydrogen-bond donors (Lipinski definition) is 2. The first-order valence-corrected chi connectivity index (χ1v) is 9.45. The number of nitrogens with one attached hydrogen (secondary N) is 1. The first-order chi connectivity index (χ1) is 11.5. The highest BCUT2D eigenvalue weighted by atomic mass is 35.5. The third-order valence-electron chi connectivity index (χ3n) is 3.15. The Balaban J connectivity index is 1.91. The summed E-state index contributed by atoms with van der Waals surface area (Å²) in [6.07, 6.45) is 1.82. The lowest BCUT2D eigenvalue weighted by Crippen LogP contribution is -2.02. The van der Waals surface area contributed by atoms with Crippen molar-refractivity contribution in [1.82, 2.24) is 20.6 Å². The molecule has 124 valence electrons. The van der Waals surface area contributed by atoms with Crippen LogP contribution in [0.3, 0.4) is 0 Å². The Morgan fingerprint density at radius 1 is 1.25 bits per heavy atom. The molecule has 1 atom stereocenters. The zero-order valence-electron chi connectivity index (χ0n) is 12.0. The zero-order valence-corrected chi connectivity index (χ0v) is 14.4. The van der Waals surface area contributed by atoms with Crippen molar-refractivity contribution in [2.45, 2.75) is 15.9 Å². The van der Waals surface area contributed by atoms with E-state index in [9.17, 15) is 13.5 Å². The van der Waals surface area contributed by atoms with Gasteiger partial charge in [-0.05, 0) is 35.7 Å². The van der Waals surface area contributed by atoms with Crippen LogP contribution in [0.5, 0.6) is 0 Å². The fraction of sp³-hybridized carbons (Fsp3) is 0.0714. The van der Waals surface area contributed by atoms with Crippen LogP contribution < -0.4 is 0 Å². The number of aliphatic hydroxyl groups is 1. The zero-order chi connectivity index (χ0) is 17.2. The number of hydrogen-bond acceptors (Lipinski definition) is 7. The Bertz CT molecular complexity index is 950. The van der Waals surface area contributed by atoms with Crippen molar-refractivity contribution in [2.75, 3.05) is 0 Å². The second-order valence-electron chi connectivity index (χ2n) is 4.72. The van der Waals surface area contributed by atoms with Gasteiger partial charge >= 0.3 is 0 Å². The fourth-order valence-corrected chi connectivity index (χ4v) is 4.69. The molecule has 7 nitrogen and oxygen atoms in total. The quantitative estimate of drug-likeness (QED) is 0.701. The van der Waals surface area contributed by atoms with Crippen molar-refractivity contribution in [3.63, 3.8) is 0 Å². The average Bonchev–Trinajstić information content (AvgIpc) is 3.24. The topological polar surface area (TPSA) is 109 Å². The van der Waals surface area contributed by atoms with Crippen LogP contribution in [0.25, 0.3) is 6.08 Å². The van der Waals surface area contributed by atoms with Crippen molar-refractivity contribution in [3.05, 3.63) is 57.5 Å². The summed E-state index contributed by atoms with van der Waals surface area (Å²) in [6, 6.07) is 5.96. The summed E-state index contributed by atoms with van der Waals surface area (Å²) in [5.74, 6) is 0.101. The highest BCUT2D eigenvalue weighted by Gasteiger charge is 2.21. The molecule has 0 saturated heterocycles. The van der Waals surface area contributed by atoms with Crippen LogP contribution in [0.2, 0.25) is 5.02 Å². The average molecular weight is 383 g/mol. The van der Waals surface area contributed by atoms with Crippen molar-refractivity contribution in [1.29, 1.82) is 0 Å². The van der Waals surface area contributed by atoms with E-state index in [2.05, 4.69) is 20.6 Å². The number of tetrazole rings is 1. The molecule has 0 aliphatic heterocycles. The molecule has 0 fully saturated rings. The predicted molar refractivity (Wildman–Crippen MR) is 89.4 cm³/mol. The summed E-state index contributed by atoms with van der Waals surface area (Å²) in [6.45, 7) is 0. The number of halogens is 1. The van der Waals surface area contributed by atoms with Gasteiger partial charge in [-0.1, -0.05) is 22.9 Å². The van der Waals surface area contributed by atoms with Crippen LogP contribution >= 0.6 is 22.9 Å². The minimum atomic E-state index is -3.68. The van der Waals surface area contributed by atoms with Crippen molar-refractivity contribution in [2.24, 2.45) is 0 Å². The Morgan fingerprint density at radius 2 is 2.00 bits per heavy atom. The van der Waals surface area contributed by atoms with Gasteiger partial charge in [0.15, 0.2) is 0 Å². The van der Waals surface area contributed by atoms with E-state index in [-0.39, 0.29) is 15.6 Å². The molecule has 1 unspecified atom stereocenters. The number of aliphatic hydroxyl groups excluding tert-OH is 1. The maximum atomic E-state index is 12.7. The van der Waals surface area contributed by atoms with Gasteiger partial charge in [-0.15, -0.1) is 10.2 Å². The lowest BCUT2D eigenvalue weighted by molar-refractivity contribution is 0.219. The minimum Gasteiger partial charge on any atom is -0.381 e. The van der Waals surface area contributed by atoms with Gasteiger partial charge in [0, 0.05) is 16.0 Å². The van der Waals surface area contributed by atoms with Gasteiger partial charge in [-0.25, -0.2) is 8.42 Å². The van der Waals surface area contributed by atoms with E-state index >= 15 is 0 Å². The normalized spacial score (nSPS) is 13.4. The third kappa shape index (κ3) is 3.39. The molecular weight excluding hydrogens is 372 g/mol. The number of rotatable bonds is 5. The number of aromatic nitrogens is 4. The maximum Gasteiger partial charge on any atom is 0.208 e. The molecular formula is C14H11ClN4O3S2. The number of aromatic amines is 1. The standard InChI is InChI=1S/C14H11ClN4O3S2/c15-10-2-4-11(5-3-10)24(21,22)13-8-23-7-9(13)1-6-12(20)14-16-18-19-17-14/h1-8,12,20H,(H,16,17,18,19). The molecule has 0 aliphatic rings. The monoisotopic (exact) mass is 382 g/mol. The van der Waals surface area contributed by atoms with E-state index in [4.69, 9.17) is 11.6 Å². The number of thiophene rings is 1. The van der Waals surface area contributed by atoms with E-state index < -0.39 is 15.9 Å². The largest absolute Gasteiger partial charge is 0.381 e. The molecule has 2 N–H and O–H groups in total. The van der Waals surface area contributed by atoms with Crippen molar-refractivity contribution in [3.8, 4) is 0 Å². The maximum absolute atomic E-state index is 12.7. The SMILES string of the molecule is O=S(=O)(c1ccc(Cl)cc1)c1cscc1C=CC(O)c1nn[nH]n1. The van der Waals surface area contributed by atoms with E-state index in [0.717, 1.165) is 0 Å². The van der Waals surface area contributed by atoms with Crippen LogP contribution in [-0.4, -0.2) is 34.1 Å². The second kappa shape index (κ2) is 6.81. The second-order valence-corrected chi connectivity index (χ2v) is 7.82. The molecule has 1 aromatic carbocycles. The van der Waals surface area contributed by atoms with Gasteiger partial charge in [0.1, 0.15) is 6.10 Å². The van der Waals surface area contributed by atoms with Crippen molar-refractivity contribution >= 4 is 38.9 Å². The van der Waals surface area contributed by atoms with Crippen LogP contribution in [-0.2, 0) is 9.84 Å². The first kappa shape index (κ1) is 16.8. The summed E-state index contributed by atoms with van der Waals surface area (Å²) in [7, 11) is -3.68. The van der Waals surface area contributed by atoms with Crippen LogP contribution in [0, 0.1) is 0 Å². The molecule has 0 spiro atoms. The number of benzene rings is 1. The molecule has 2 heterocycles. The smallest absolute Gasteiger partial charge is 0.208 e. The number of H-pyrrole nitrogens is 1. The predicted octanol–water partition coefficient (Wildman–Crippen LogP) is 2.49. The lowest BCUT2D eigenvalue weighted by atomic mass is 10.2. The van der Waals surface area contributed by atoms with Gasteiger partial charge in [-0.2, -0.15) is 16.6 Å². The summed E-state index contributed by atoms with van der Waals surface area (Å²) >= 11 is 7.05. The highest BCUT2D eigenvalue weighted by Crippen LogP contribution is 2.29. The van der Waals surface area contributed by atoms with Gasteiger partial charge in [0.25, 0.3) is 0 Å². The molecule has 3 rings (SSSR count).